The number of hydrogen-bond acceptors (Lipinski definition) is 3. The van der Waals surface area contributed by atoms with Crippen LogP contribution in [0.25, 0.3) is 110 Å². The molecule has 0 aliphatic rings. The Hall–Kier alpha value is -8.66. The zero-order chi connectivity index (χ0) is 42.8. The SMILES string of the molecule is c1ccc(-c2ccc3c(c2)oc2c(N(c4ccc(-c5ccc6ccc7ccccc7c6c5)cc4)c4ccc(-c5ccccc5)c5oc6cc(-c7ccccc7)ccc6c45)cccc23)cc1. The normalized spacial score (nSPS) is 11.7. The largest absolute Gasteiger partial charge is 0.455 e. The van der Waals surface area contributed by atoms with Gasteiger partial charge in [0.05, 0.1) is 16.8 Å². The lowest BCUT2D eigenvalue weighted by molar-refractivity contribution is 0.668. The van der Waals surface area contributed by atoms with E-state index < -0.39 is 0 Å². The lowest BCUT2D eigenvalue weighted by atomic mass is 9.96. The van der Waals surface area contributed by atoms with Crippen LogP contribution in [0.1, 0.15) is 0 Å². The molecule has 0 spiro atoms. The van der Waals surface area contributed by atoms with E-state index in [2.05, 4.69) is 241 Å². The number of benzene rings is 11. The van der Waals surface area contributed by atoms with E-state index in [1.165, 1.54) is 27.1 Å². The first kappa shape index (κ1) is 36.9. The summed E-state index contributed by atoms with van der Waals surface area (Å²) in [5.41, 5.74) is 15.2. The molecule has 0 radical (unpaired) electrons. The minimum absolute atomic E-state index is 0.817. The number of nitrogens with zero attached hydrogens (tertiary/aromatic N) is 1. The van der Waals surface area contributed by atoms with Gasteiger partial charge in [-0.05, 0) is 121 Å². The van der Waals surface area contributed by atoms with Crippen molar-refractivity contribution in [2.45, 2.75) is 0 Å². The lowest BCUT2D eigenvalue weighted by Gasteiger charge is -2.27. The topological polar surface area (TPSA) is 29.5 Å². The van der Waals surface area contributed by atoms with Crippen molar-refractivity contribution in [3.63, 3.8) is 0 Å². The van der Waals surface area contributed by atoms with Crippen molar-refractivity contribution in [2.75, 3.05) is 4.90 Å². The van der Waals surface area contributed by atoms with Gasteiger partial charge < -0.3 is 13.7 Å². The van der Waals surface area contributed by atoms with Crippen LogP contribution in [0.3, 0.4) is 0 Å². The summed E-state index contributed by atoms with van der Waals surface area (Å²) < 4.78 is 14.1. The monoisotopic (exact) mass is 829 g/mol. The average molecular weight is 830 g/mol. The van der Waals surface area contributed by atoms with Crippen LogP contribution >= 0.6 is 0 Å². The van der Waals surface area contributed by atoms with Crippen molar-refractivity contribution < 1.29 is 8.83 Å². The second-order valence-electron chi connectivity index (χ2n) is 16.8. The molecule has 304 valence electrons. The molecule has 2 aromatic heterocycles. The van der Waals surface area contributed by atoms with Gasteiger partial charge in [-0.2, -0.15) is 0 Å². The second-order valence-corrected chi connectivity index (χ2v) is 16.8. The number of rotatable bonds is 7. The summed E-state index contributed by atoms with van der Waals surface area (Å²) in [4.78, 5) is 2.36. The summed E-state index contributed by atoms with van der Waals surface area (Å²) in [6.07, 6.45) is 0. The Morgan fingerprint density at radius 1 is 0.277 bits per heavy atom. The van der Waals surface area contributed by atoms with Crippen LogP contribution in [0.2, 0.25) is 0 Å². The molecular weight excluding hydrogens is 791 g/mol. The molecule has 0 unspecified atom stereocenters. The van der Waals surface area contributed by atoms with Gasteiger partial charge in [0.25, 0.3) is 0 Å². The molecule has 3 heteroatoms. The molecule has 11 aromatic carbocycles. The zero-order valence-corrected chi connectivity index (χ0v) is 35.3. The first-order valence-corrected chi connectivity index (χ1v) is 22.1. The molecule has 0 aliphatic heterocycles. The molecule has 0 saturated heterocycles. The van der Waals surface area contributed by atoms with E-state index >= 15 is 0 Å². The van der Waals surface area contributed by atoms with Crippen LogP contribution in [0, 0.1) is 0 Å². The van der Waals surface area contributed by atoms with Gasteiger partial charge in [-0.15, -0.1) is 0 Å². The minimum atomic E-state index is 0.817. The molecule has 65 heavy (non-hydrogen) atoms. The standard InChI is InChI=1S/C62H39NO2/c1-4-13-40(14-5-1)47-29-33-52-53-21-12-22-57(61(53)64-58(52)38-47)63(49-31-27-42(28-32-49)46-26-25-45-24-23-44-19-10-11-20-50(44)55(45)37-46)56-36-35-51(43-17-8-3-9-18-43)62-60(56)54-34-30-48(39-59(54)65-62)41-15-6-2-7-16-41/h1-39H. The summed E-state index contributed by atoms with van der Waals surface area (Å²) in [6, 6.07) is 84.5. The van der Waals surface area contributed by atoms with Crippen LogP contribution in [0.5, 0.6) is 0 Å². The average Bonchev–Trinajstić information content (AvgIpc) is 3.96. The molecule has 2 heterocycles. The van der Waals surface area contributed by atoms with Gasteiger partial charge in [-0.1, -0.05) is 176 Å². The number of furan rings is 2. The molecule has 0 atom stereocenters. The van der Waals surface area contributed by atoms with Gasteiger partial charge >= 0.3 is 0 Å². The fourth-order valence-corrected chi connectivity index (χ4v) is 9.87. The Morgan fingerprint density at radius 3 is 1.52 bits per heavy atom. The van der Waals surface area contributed by atoms with Crippen LogP contribution in [0.4, 0.5) is 17.1 Å². The maximum atomic E-state index is 7.05. The fourth-order valence-electron chi connectivity index (χ4n) is 9.87. The predicted octanol–water partition coefficient (Wildman–Crippen LogP) is 17.9. The van der Waals surface area contributed by atoms with Gasteiger partial charge in [0.1, 0.15) is 16.7 Å². The van der Waals surface area contributed by atoms with Gasteiger partial charge in [-0.3, -0.25) is 0 Å². The van der Waals surface area contributed by atoms with E-state index in [0.717, 1.165) is 99.9 Å². The summed E-state index contributed by atoms with van der Waals surface area (Å²) >= 11 is 0. The lowest BCUT2D eigenvalue weighted by Crippen LogP contribution is -2.10. The smallest absolute Gasteiger partial charge is 0.159 e. The van der Waals surface area contributed by atoms with E-state index in [9.17, 15) is 0 Å². The summed E-state index contributed by atoms with van der Waals surface area (Å²) in [5, 5.41) is 9.20. The zero-order valence-electron chi connectivity index (χ0n) is 35.3. The van der Waals surface area contributed by atoms with Crippen molar-refractivity contribution >= 4 is 82.5 Å². The third-order valence-electron chi connectivity index (χ3n) is 13.1. The summed E-state index contributed by atoms with van der Waals surface area (Å²) in [7, 11) is 0. The third kappa shape index (κ3) is 6.20. The molecular formula is C62H39NO2. The number of hydrogen-bond donors (Lipinski definition) is 0. The van der Waals surface area contributed by atoms with Crippen LogP contribution in [-0.2, 0) is 0 Å². The third-order valence-corrected chi connectivity index (χ3v) is 13.1. The maximum Gasteiger partial charge on any atom is 0.159 e. The van der Waals surface area contributed by atoms with E-state index in [1.54, 1.807) is 0 Å². The van der Waals surface area contributed by atoms with Crippen LogP contribution in [-0.4, -0.2) is 0 Å². The predicted molar refractivity (Wildman–Crippen MR) is 272 cm³/mol. The van der Waals surface area contributed by atoms with Gasteiger partial charge in [0.2, 0.25) is 0 Å². The Balaban J connectivity index is 1.04. The molecule has 13 aromatic rings. The highest BCUT2D eigenvalue weighted by molar-refractivity contribution is 6.19. The van der Waals surface area contributed by atoms with Gasteiger partial charge in [0.15, 0.2) is 5.58 Å². The Labute approximate surface area is 375 Å². The first-order chi connectivity index (χ1) is 32.2. The minimum Gasteiger partial charge on any atom is -0.455 e. The van der Waals surface area contributed by atoms with E-state index in [-0.39, 0.29) is 0 Å². The molecule has 0 saturated carbocycles. The summed E-state index contributed by atoms with van der Waals surface area (Å²) in [5.74, 6) is 0. The van der Waals surface area contributed by atoms with Crippen molar-refractivity contribution in [1.29, 1.82) is 0 Å². The molecule has 13 rings (SSSR count). The van der Waals surface area contributed by atoms with E-state index in [1.807, 2.05) is 0 Å². The molecule has 0 amide bonds. The highest BCUT2D eigenvalue weighted by Gasteiger charge is 2.25. The first-order valence-electron chi connectivity index (χ1n) is 22.1. The molecule has 3 nitrogen and oxygen atoms in total. The molecule has 0 fully saturated rings. The molecule has 0 aliphatic carbocycles. The highest BCUT2D eigenvalue weighted by Crippen LogP contribution is 2.49. The fraction of sp³-hybridized carbons (Fsp3) is 0. The Morgan fingerprint density at radius 2 is 0.800 bits per heavy atom. The number of fused-ring (bicyclic) bond motifs is 9. The Bertz CT molecular complexity index is 3920. The van der Waals surface area contributed by atoms with Crippen molar-refractivity contribution in [3.8, 4) is 44.5 Å². The van der Waals surface area contributed by atoms with Crippen molar-refractivity contribution in [3.05, 3.63) is 237 Å². The van der Waals surface area contributed by atoms with Gasteiger partial charge in [0, 0.05) is 27.4 Å². The van der Waals surface area contributed by atoms with E-state index in [0.29, 0.717) is 0 Å². The maximum absolute atomic E-state index is 7.05. The van der Waals surface area contributed by atoms with Gasteiger partial charge in [-0.25, -0.2) is 0 Å². The second kappa shape index (κ2) is 15.0. The molecule has 0 N–H and O–H groups in total. The van der Waals surface area contributed by atoms with Crippen molar-refractivity contribution in [2.24, 2.45) is 0 Å². The number of anilines is 3. The number of para-hydroxylation sites is 1. The quantitative estimate of drug-likeness (QED) is 0.150. The van der Waals surface area contributed by atoms with Crippen LogP contribution < -0.4 is 4.90 Å². The highest BCUT2D eigenvalue weighted by atomic mass is 16.3. The molecule has 0 bridgehead atoms. The van der Waals surface area contributed by atoms with Crippen LogP contribution in [0.15, 0.2) is 245 Å². The summed E-state index contributed by atoms with van der Waals surface area (Å²) in [6.45, 7) is 0. The van der Waals surface area contributed by atoms with E-state index in [4.69, 9.17) is 8.83 Å². The Kier molecular flexibility index (Phi) is 8.53. The van der Waals surface area contributed by atoms with Crippen molar-refractivity contribution in [1.82, 2.24) is 0 Å².